The minimum atomic E-state index is -4.88. The molecule has 0 aliphatic heterocycles. The Labute approximate surface area is 101 Å². The molecular weight excluding hydrogens is 233 g/mol. The fraction of sp³-hybridized carbons (Fsp3) is 0.917. The van der Waals surface area contributed by atoms with Gasteiger partial charge in [-0.3, -0.25) is 0 Å². The van der Waals surface area contributed by atoms with Crippen LogP contribution in [0.5, 0.6) is 0 Å². The van der Waals surface area contributed by atoms with Crippen LogP contribution in [0.1, 0.15) is 58.8 Å². The van der Waals surface area contributed by atoms with Gasteiger partial charge in [0.2, 0.25) is 0 Å². The predicted octanol–water partition coefficient (Wildman–Crippen LogP) is 4.23. The van der Waals surface area contributed by atoms with Gasteiger partial charge in [0.25, 0.3) is 0 Å². The van der Waals surface area contributed by atoms with Crippen LogP contribution < -0.4 is 0 Å². The maximum Gasteiger partial charge on any atom is 0.490 e. The molecule has 5 heteroatoms. The fourth-order valence-corrected chi connectivity index (χ4v) is 1.52. The quantitative estimate of drug-likeness (QED) is 0.478. The van der Waals surface area contributed by atoms with Gasteiger partial charge in [-0.1, -0.05) is 39.0 Å². The highest BCUT2D eigenvalue weighted by molar-refractivity contribution is 5.75. The van der Waals surface area contributed by atoms with Gasteiger partial charge in [0.05, 0.1) is 6.10 Å². The maximum absolute atomic E-state index is 11.9. The van der Waals surface area contributed by atoms with Gasteiger partial charge in [0, 0.05) is 0 Å². The summed E-state index contributed by atoms with van der Waals surface area (Å²) in [6, 6.07) is 0. The van der Waals surface area contributed by atoms with Crippen molar-refractivity contribution in [3.63, 3.8) is 0 Å². The molecule has 0 amide bonds. The number of carbonyl (C=O) groups excluding carboxylic acids is 1. The van der Waals surface area contributed by atoms with Crippen molar-refractivity contribution >= 4 is 5.97 Å². The van der Waals surface area contributed by atoms with Crippen molar-refractivity contribution in [3.05, 3.63) is 0 Å². The first-order valence-electron chi connectivity index (χ1n) is 6.15. The highest BCUT2D eigenvalue weighted by Gasteiger charge is 2.41. The van der Waals surface area contributed by atoms with Crippen molar-refractivity contribution in [1.29, 1.82) is 0 Å². The number of rotatable bonds is 8. The van der Waals surface area contributed by atoms with Crippen LogP contribution in [0.15, 0.2) is 0 Å². The molecule has 0 fully saturated rings. The van der Waals surface area contributed by atoms with Gasteiger partial charge in [0.1, 0.15) is 0 Å². The van der Waals surface area contributed by atoms with E-state index >= 15 is 0 Å². The standard InChI is InChI=1S/C12H21F3O2/c1-3-4-5-6-7-8-9-10(2)17-11(16)12(13,14)15/h10H,3-9H2,1-2H3. The Hall–Kier alpha value is -0.740. The van der Waals surface area contributed by atoms with E-state index in [1.807, 2.05) is 0 Å². The van der Waals surface area contributed by atoms with E-state index in [1.165, 1.54) is 19.8 Å². The van der Waals surface area contributed by atoms with Crippen molar-refractivity contribution in [3.8, 4) is 0 Å². The zero-order valence-corrected chi connectivity index (χ0v) is 10.5. The van der Waals surface area contributed by atoms with Gasteiger partial charge >= 0.3 is 12.1 Å². The summed E-state index contributed by atoms with van der Waals surface area (Å²) in [4.78, 5) is 10.5. The number of halogens is 3. The van der Waals surface area contributed by atoms with Crippen LogP contribution in [0.3, 0.4) is 0 Å². The zero-order chi connectivity index (χ0) is 13.3. The van der Waals surface area contributed by atoms with Gasteiger partial charge in [-0.15, -0.1) is 0 Å². The Morgan fingerprint density at radius 1 is 1.12 bits per heavy atom. The summed E-state index contributed by atoms with van der Waals surface area (Å²) in [5, 5.41) is 0. The number of hydrogen-bond acceptors (Lipinski definition) is 2. The normalized spacial score (nSPS) is 13.5. The predicted molar refractivity (Wildman–Crippen MR) is 59.6 cm³/mol. The Kier molecular flexibility index (Phi) is 8.00. The van der Waals surface area contributed by atoms with Gasteiger partial charge in [-0.25, -0.2) is 4.79 Å². The van der Waals surface area contributed by atoms with Crippen LogP contribution in [0.25, 0.3) is 0 Å². The lowest BCUT2D eigenvalue weighted by molar-refractivity contribution is -0.204. The zero-order valence-electron chi connectivity index (χ0n) is 10.5. The van der Waals surface area contributed by atoms with Gasteiger partial charge in [0.15, 0.2) is 0 Å². The third-order valence-corrected chi connectivity index (χ3v) is 2.50. The Morgan fingerprint density at radius 3 is 2.18 bits per heavy atom. The maximum atomic E-state index is 11.9. The average Bonchev–Trinajstić information content (AvgIpc) is 2.21. The second kappa shape index (κ2) is 8.37. The van der Waals surface area contributed by atoms with Crippen LogP contribution in [-0.4, -0.2) is 18.2 Å². The minimum Gasteiger partial charge on any atom is -0.456 e. The third-order valence-electron chi connectivity index (χ3n) is 2.50. The van der Waals surface area contributed by atoms with Crippen LogP contribution in [-0.2, 0) is 9.53 Å². The molecular formula is C12H21F3O2. The lowest BCUT2D eigenvalue weighted by atomic mass is 10.1. The SMILES string of the molecule is CCCCCCCCC(C)OC(=O)C(F)(F)F. The van der Waals surface area contributed by atoms with E-state index in [4.69, 9.17) is 0 Å². The van der Waals surface area contributed by atoms with Gasteiger partial charge < -0.3 is 4.74 Å². The van der Waals surface area contributed by atoms with Crippen molar-refractivity contribution in [2.75, 3.05) is 0 Å². The second-order valence-corrected chi connectivity index (χ2v) is 4.27. The molecule has 0 saturated heterocycles. The summed E-state index contributed by atoms with van der Waals surface area (Å²) in [6.45, 7) is 3.62. The van der Waals surface area contributed by atoms with E-state index in [9.17, 15) is 18.0 Å². The van der Waals surface area contributed by atoms with Gasteiger partial charge in [-0.2, -0.15) is 13.2 Å². The number of unbranched alkanes of at least 4 members (excludes halogenated alkanes) is 5. The summed E-state index contributed by atoms with van der Waals surface area (Å²) in [7, 11) is 0. The first-order valence-corrected chi connectivity index (χ1v) is 6.15. The molecule has 102 valence electrons. The Morgan fingerprint density at radius 2 is 1.65 bits per heavy atom. The lowest BCUT2D eigenvalue weighted by Crippen LogP contribution is -2.28. The van der Waals surface area contributed by atoms with Gasteiger partial charge in [-0.05, 0) is 19.8 Å². The molecule has 1 unspecified atom stereocenters. The van der Waals surface area contributed by atoms with E-state index in [2.05, 4.69) is 11.7 Å². The summed E-state index contributed by atoms with van der Waals surface area (Å²) in [6.07, 6.45) is 1.35. The molecule has 0 saturated carbocycles. The van der Waals surface area contributed by atoms with E-state index in [0.717, 1.165) is 25.7 Å². The van der Waals surface area contributed by atoms with Crippen molar-refractivity contribution in [1.82, 2.24) is 0 Å². The molecule has 2 nitrogen and oxygen atoms in total. The summed E-state index contributed by atoms with van der Waals surface area (Å²) >= 11 is 0. The molecule has 0 aromatic rings. The lowest BCUT2D eigenvalue weighted by Gasteiger charge is -2.14. The minimum absolute atomic E-state index is 0.494. The molecule has 0 spiro atoms. The molecule has 0 rings (SSSR count). The Bertz CT molecular complexity index is 214. The van der Waals surface area contributed by atoms with Crippen molar-refractivity contribution in [2.45, 2.75) is 71.1 Å². The average molecular weight is 254 g/mol. The topological polar surface area (TPSA) is 26.3 Å². The van der Waals surface area contributed by atoms with Crippen LogP contribution in [0, 0.1) is 0 Å². The molecule has 0 aromatic heterocycles. The highest BCUT2D eigenvalue weighted by atomic mass is 19.4. The summed E-state index contributed by atoms with van der Waals surface area (Å²) in [5.74, 6) is -2.09. The van der Waals surface area contributed by atoms with E-state index in [0.29, 0.717) is 6.42 Å². The molecule has 0 aromatic carbocycles. The van der Waals surface area contributed by atoms with Crippen LogP contribution in [0.2, 0.25) is 0 Å². The smallest absolute Gasteiger partial charge is 0.456 e. The number of alkyl halides is 3. The molecule has 17 heavy (non-hydrogen) atoms. The molecule has 1 atom stereocenters. The first kappa shape index (κ1) is 16.3. The monoisotopic (exact) mass is 254 g/mol. The molecule has 0 radical (unpaired) electrons. The van der Waals surface area contributed by atoms with Crippen molar-refractivity contribution in [2.24, 2.45) is 0 Å². The first-order chi connectivity index (χ1) is 7.88. The highest BCUT2D eigenvalue weighted by Crippen LogP contribution is 2.19. The summed E-state index contributed by atoms with van der Waals surface area (Å²) in [5.41, 5.74) is 0. The molecule has 0 aliphatic rings. The van der Waals surface area contributed by atoms with E-state index in [1.54, 1.807) is 0 Å². The van der Waals surface area contributed by atoms with E-state index < -0.39 is 18.2 Å². The number of esters is 1. The molecule has 0 heterocycles. The van der Waals surface area contributed by atoms with E-state index in [-0.39, 0.29) is 0 Å². The van der Waals surface area contributed by atoms with Crippen LogP contribution >= 0.6 is 0 Å². The van der Waals surface area contributed by atoms with Crippen LogP contribution in [0.4, 0.5) is 13.2 Å². The Balaban J connectivity index is 3.53. The molecule has 0 N–H and O–H groups in total. The fourth-order valence-electron chi connectivity index (χ4n) is 1.52. The van der Waals surface area contributed by atoms with Crippen molar-refractivity contribution < 1.29 is 22.7 Å². The second-order valence-electron chi connectivity index (χ2n) is 4.27. The molecule has 0 aliphatic carbocycles. The third kappa shape index (κ3) is 9.01. The largest absolute Gasteiger partial charge is 0.490 e. The number of ether oxygens (including phenoxy) is 1. The molecule has 0 bridgehead atoms. The number of carbonyl (C=O) groups is 1. The number of hydrogen-bond donors (Lipinski definition) is 0. The summed E-state index contributed by atoms with van der Waals surface area (Å²) < 4.78 is 39.9.